The predicted molar refractivity (Wildman–Crippen MR) is 42.7 cm³/mol. The maximum Gasteiger partial charge on any atom is 0.165 e. The second-order valence-corrected chi connectivity index (χ2v) is 2.67. The highest BCUT2D eigenvalue weighted by Crippen LogP contribution is 1.97. The van der Waals surface area contributed by atoms with Crippen LogP contribution < -0.4 is 11.5 Å². The lowest BCUT2D eigenvalue weighted by molar-refractivity contribution is 0.420. The third kappa shape index (κ3) is 2.19. The summed E-state index contributed by atoms with van der Waals surface area (Å²) >= 11 is 0. The molecule has 1 heterocycles. The molecule has 0 bridgehead atoms. The molecule has 11 heavy (non-hydrogen) atoms. The molecule has 4 N–H and O–H groups in total. The van der Waals surface area contributed by atoms with Crippen molar-refractivity contribution in [1.82, 2.24) is 15.0 Å². The molecule has 0 aliphatic carbocycles. The molecule has 1 aromatic heterocycles. The van der Waals surface area contributed by atoms with Crippen LogP contribution in [0.25, 0.3) is 0 Å². The molecule has 1 aromatic rings. The Balaban J connectivity index is 2.50. The highest BCUT2D eigenvalue weighted by atomic mass is 15.5. The van der Waals surface area contributed by atoms with Gasteiger partial charge in [-0.2, -0.15) is 9.90 Å². The van der Waals surface area contributed by atoms with Crippen molar-refractivity contribution in [3.8, 4) is 0 Å². The molecule has 5 heteroatoms. The summed E-state index contributed by atoms with van der Waals surface area (Å²) in [5.74, 6) is 0.844. The van der Waals surface area contributed by atoms with Crippen molar-refractivity contribution in [2.45, 2.75) is 13.5 Å². The normalized spacial score (nSPS) is 13.3. The minimum atomic E-state index is 0.391. The molecule has 0 aliphatic rings. The van der Waals surface area contributed by atoms with Gasteiger partial charge in [-0.25, -0.2) is 0 Å². The van der Waals surface area contributed by atoms with Gasteiger partial charge >= 0.3 is 0 Å². The van der Waals surface area contributed by atoms with Crippen molar-refractivity contribution < 1.29 is 0 Å². The van der Waals surface area contributed by atoms with E-state index in [0.29, 0.717) is 18.3 Å². The van der Waals surface area contributed by atoms with Crippen molar-refractivity contribution in [3.05, 3.63) is 6.20 Å². The first-order valence-electron chi connectivity index (χ1n) is 3.58. The highest BCUT2D eigenvalue weighted by molar-refractivity contribution is 5.19. The maximum absolute atomic E-state index is 5.43. The van der Waals surface area contributed by atoms with Gasteiger partial charge in [-0.1, -0.05) is 6.92 Å². The van der Waals surface area contributed by atoms with Crippen LogP contribution in [0, 0.1) is 5.92 Å². The molecule has 1 rings (SSSR count). The third-order valence-electron chi connectivity index (χ3n) is 1.43. The number of rotatable bonds is 3. The van der Waals surface area contributed by atoms with Crippen molar-refractivity contribution in [1.29, 1.82) is 0 Å². The molecule has 0 aliphatic heterocycles. The van der Waals surface area contributed by atoms with Crippen molar-refractivity contribution in [3.63, 3.8) is 0 Å². The van der Waals surface area contributed by atoms with E-state index >= 15 is 0 Å². The average molecular weight is 155 g/mol. The van der Waals surface area contributed by atoms with E-state index in [4.69, 9.17) is 11.5 Å². The number of hydrogen-bond acceptors (Lipinski definition) is 4. The van der Waals surface area contributed by atoms with Crippen LogP contribution in [0.2, 0.25) is 0 Å². The number of anilines is 1. The Labute approximate surface area is 65.4 Å². The second kappa shape index (κ2) is 3.34. The Morgan fingerprint density at radius 2 is 2.45 bits per heavy atom. The molecule has 0 saturated carbocycles. The minimum Gasteiger partial charge on any atom is -0.381 e. The molecule has 0 spiro atoms. The van der Waals surface area contributed by atoms with E-state index in [9.17, 15) is 0 Å². The summed E-state index contributed by atoms with van der Waals surface area (Å²) in [4.78, 5) is 1.56. The molecule has 0 radical (unpaired) electrons. The zero-order valence-corrected chi connectivity index (χ0v) is 6.57. The topological polar surface area (TPSA) is 82.8 Å². The van der Waals surface area contributed by atoms with Gasteiger partial charge in [-0.05, 0) is 12.5 Å². The standard InChI is InChI=1S/C6H13N5/c1-5(2-7)4-11-9-3-6(8)10-11/h3,5H,2,4,7H2,1H3,(H2,8,10). The van der Waals surface area contributed by atoms with E-state index in [1.165, 1.54) is 6.20 Å². The summed E-state index contributed by atoms with van der Waals surface area (Å²) in [7, 11) is 0. The smallest absolute Gasteiger partial charge is 0.165 e. The average Bonchev–Trinajstić information content (AvgIpc) is 2.35. The van der Waals surface area contributed by atoms with Crippen LogP contribution in [-0.2, 0) is 6.54 Å². The van der Waals surface area contributed by atoms with Gasteiger partial charge in [0, 0.05) is 0 Å². The van der Waals surface area contributed by atoms with E-state index in [-0.39, 0.29) is 0 Å². The fourth-order valence-electron chi connectivity index (χ4n) is 0.752. The third-order valence-corrected chi connectivity index (χ3v) is 1.43. The van der Waals surface area contributed by atoms with Gasteiger partial charge in [-0.15, -0.1) is 5.10 Å². The first-order valence-corrected chi connectivity index (χ1v) is 3.58. The Morgan fingerprint density at radius 3 is 2.91 bits per heavy atom. The van der Waals surface area contributed by atoms with Gasteiger partial charge in [0.25, 0.3) is 0 Å². The molecule has 0 saturated heterocycles. The zero-order valence-electron chi connectivity index (χ0n) is 6.57. The lowest BCUT2D eigenvalue weighted by Crippen LogP contribution is -2.18. The van der Waals surface area contributed by atoms with Crippen LogP contribution in [0.3, 0.4) is 0 Å². The Morgan fingerprint density at radius 1 is 1.73 bits per heavy atom. The van der Waals surface area contributed by atoms with E-state index in [0.717, 1.165) is 6.54 Å². The molecular formula is C6H13N5. The minimum absolute atomic E-state index is 0.391. The summed E-state index contributed by atoms with van der Waals surface area (Å²) < 4.78 is 0. The molecule has 0 aromatic carbocycles. The number of nitrogens with zero attached hydrogens (tertiary/aromatic N) is 3. The molecule has 0 amide bonds. The number of nitrogens with two attached hydrogens (primary N) is 2. The van der Waals surface area contributed by atoms with Gasteiger partial charge in [0.15, 0.2) is 5.82 Å². The lowest BCUT2D eigenvalue weighted by atomic mass is 10.2. The summed E-state index contributed by atoms with van der Waals surface area (Å²) in [5, 5.41) is 7.86. The first kappa shape index (κ1) is 8.00. The van der Waals surface area contributed by atoms with Crippen molar-refractivity contribution in [2.75, 3.05) is 12.3 Å². The number of nitrogen functional groups attached to an aromatic ring is 1. The first-order chi connectivity index (χ1) is 5.22. The summed E-state index contributed by atoms with van der Waals surface area (Å²) in [5.41, 5.74) is 10.8. The quantitative estimate of drug-likeness (QED) is 0.613. The van der Waals surface area contributed by atoms with Gasteiger partial charge in [0.1, 0.15) is 0 Å². The van der Waals surface area contributed by atoms with E-state index in [1.54, 1.807) is 4.80 Å². The van der Waals surface area contributed by atoms with Crippen LogP contribution in [0.4, 0.5) is 5.82 Å². The van der Waals surface area contributed by atoms with Gasteiger partial charge in [-0.3, -0.25) is 0 Å². The van der Waals surface area contributed by atoms with Crippen LogP contribution >= 0.6 is 0 Å². The summed E-state index contributed by atoms with van der Waals surface area (Å²) in [6.07, 6.45) is 1.53. The highest BCUT2D eigenvalue weighted by Gasteiger charge is 2.01. The Kier molecular flexibility index (Phi) is 2.43. The maximum atomic E-state index is 5.43. The van der Waals surface area contributed by atoms with Crippen LogP contribution in [-0.4, -0.2) is 21.5 Å². The van der Waals surface area contributed by atoms with E-state index in [1.807, 2.05) is 6.92 Å². The summed E-state index contributed by atoms with van der Waals surface area (Å²) in [6.45, 7) is 3.41. The van der Waals surface area contributed by atoms with Crippen LogP contribution in [0.15, 0.2) is 6.20 Å². The van der Waals surface area contributed by atoms with Gasteiger partial charge in [0.2, 0.25) is 0 Å². The van der Waals surface area contributed by atoms with Crippen molar-refractivity contribution in [2.24, 2.45) is 11.7 Å². The molecule has 5 nitrogen and oxygen atoms in total. The van der Waals surface area contributed by atoms with Crippen LogP contribution in [0.5, 0.6) is 0 Å². The molecule has 0 fully saturated rings. The molecule has 1 atom stereocenters. The number of hydrogen-bond donors (Lipinski definition) is 2. The number of aromatic nitrogens is 3. The van der Waals surface area contributed by atoms with Gasteiger partial charge < -0.3 is 11.5 Å². The predicted octanol–water partition coefficient (Wildman–Crippen LogP) is -0.545. The van der Waals surface area contributed by atoms with Gasteiger partial charge in [0.05, 0.1) is 12.7 Å². The van der Waals surface area contributed by atoms with Crippen LogP contribution in [0.1, 0.15) is 6.92 Å². The fourth-order valence-corrected chi connectivity index (χ4v) is 0.752. The zero-order chi connectivity index (χ0) is 8.27. The summed E-state index contributed by atoms with van der Waals surface area (Å²) in [6, 6.07) is 0. The fraction of sp³-hybridized carbons (Fsp3) is 0.667. The second-order valence-electron chi connectivity index (χ2n) is 2.67. The Bertz CT molecular complexity index is 219. The lowest BCUT2D eigenvalue weighted by Gasteiger charge is -2.05. The Hall–Kier alpha value is -1.10. The largest absolute Gasteiger partial charge is 0.381 e. The molecule has 1 unspecified atom stereocenters. The molecular weight excluding hydrogens is 142 g/mol. The van der Waals surface area contributed by atoms with Crippen molar-refractivity contribution >= 4 is 5.82 Å². The van der Waals surface area contributed by atoms with E-state index < -0.39 is 0 Å². The SMILES string of the molecule is CC(CN)Cn1ncc(N)n1. The van der Waals surface area contributed by atoms with E-state index in [2.05, 4.69) is 10.2 Å². The monoisotopic (exact) mass is 155 g/mol. The molecule has 62 valence electrons.